The highest BCUT2D eigenvalue weighted by Gasteiger charge is 2.43. The maximum atomic E-state index is 13.5. The number of amides is 4. The molecule has 7 nitrogen and oxygen atoms in total. The van der Waals surface area contributed by atoms with Crippen LogP contribution >= 0.6 is 0 Å². The van der Waals surface area contributed by atoms with Crippen LogP contribution in [0.3, 0.4) is 0 Å². The van der Waals surface area contributed by atoms with Crippen molar-refractivity contribution >= 4 is 17.8 Å². The van der Waals surface area contributed by atoms with E-state index in [1.807, 2.05) is 36.4 Å². The zero-order chi connectivity index (χ0) is 25.6. The number of urea groups is 1. The maximum Gasteiger partial charge on any atom is 0.322 e. The van der Waals surface area contributed by atoms with Crippen molar-refractivity contribution < 1.29 is 14.4 Å². The van der Waals surface area contributed by atoms with E-state index in [1.54, 1.807) is 11.9 Å². The predicted octanol–water partition coefficient (Wildman–Crippen LogP) is 3.97. The number of nitrogens with zero attached hydrogens (tertiary/aromatic N) is 2. The molecular weight excluding hydrogens is 452 g/mol. The Balaban J connectivity index is 1.33. The van der Waals surface area contributed by atoms with E-state index in [4.69, 9.17) is 0 Å². The summed E-state index contributed by atoms with van der Waals surface area (Å²) in [4.78, 5) is 42.3. The van der Waals surface area contributed by atoms with Crippen molar-refractivity contribution in [3.05, 3.63) is 82.1 Å². The Hall–Kier alpha value is -3.61. The van der Waals surface area contributed by atoms with Crippen LogP contribution in [0.5, 0.6) is 0 Å². The predicted molar refractivity (Wildman–Crippen MR) is 138 cm³/mol. The number of likely N-dealkylation sites (N-methyl/N-ethyl adjacent to an activating group) is 1. The van der Waals surface area contributed by atoms with Gasteiger partial charge < -0.3 is 15.5 Å². The lowest BCUT2D eigenvalue weighted by molar-refractivity contribution is -0.132. The normalized spacial score (nSPS) is 21.8. The Bertz CT molecular complexity index is 1240. The molecule has 2 aromatic rings. The molecule has 2 atom stereocenters. The molecule has 2 heterocycles. The first-order chi connectivity index (χ1) is 17.1. The lowest BCUT2D eigenvalue weighted by Gasteiger charge is -2.31. The summed E-state index contributed by atoms with van der Waals surface area (Å²) in [6, 6.07) is 15.4. The molecule has 0 fully saturated rings. The Morgan fingerprint density at radius 1 is 1.08 bits per heavy atom. The van der Waals surface area contributed by atoms with Gasteiger partial charge in [-0.15, -0.1) is 0 Å². The van der Waals surface area contributed by atoms with Gasteiger partial charge in [-0.25, -0.2) is 4.79 Å². The van der Waals surface area contributed by atoms with Crippen molar-refractivity contribution in [3.8, 4) is 0 Å². The third-order valence-corrected chi connectivity index (χ3v) is 7.58. The standard InChI is InChI=1S/C29H34N4O3/c1-29(2,3)20-14-12-19(13-15-20)26-25-23(32(4)28(36)31-26)16-33(27(25)35)17-24(34)30-22-11-7-9-18-8-5-6-10-21(18)22/h5-6,8,10,12-15,22,26H,7,9,11,16-17H2,1-4H3,(H,30,34)(H,31,36). The van der Waals surface area contributed by atoms with Crippen molar-refractivity contribution in [3.63, 3.8) is 0 Å². The van der Waals surface area contributed by atoms with E-state index in [-0.39, 0.29) is 42.4 Å². The summed E-state index contributed by atoms with van der Waals surface area (Å²) in [5.41, 5.74) is 5.67. The number of aryl methyl sites for hydroxylation is 1. The molecule has 2 unspecified atom stereocenters. The van der Waals surface area contributed by atoms with Gasteiger partial charge in [-0.1, -0.05) is 69.3 Å². The van der Waals surface area contributed by atoms with Gasteiger partial charge >= 0.3 is 6.03 Å². The second-order valence-corrected chi connectivity index (χ2v) is 11.0. The molecule has 7 heteroatoms. The summed E-state index contributed by atoms with van der Waals surface area (Å²) in [6.45, 7) is 6.64. The average molecular weight is 487 g/mol. The van der Waals surface area contributed by atoms with Crippen LogP contribution in [0.1, 0.15) is 68.0 Å². The molecule has 4 amide bonds. The van der Waals surface area contributed by atoms with Gasteiger partial charge in [0.15, 0.2) is 0 Å². The first-order valence-corrected chi connectivity index (χ1v) is 12.7. The molecule has 0 saturated carbocycles. The van der Waals surface area contributed by atoms with Crippen molar-refractivity contribution in [2.45, 2.75) is 57.5 Å². The first-order valence-electron chi connectivity index (χ1n) is 12.7. The van der Waals surface area contributed by atoms with E-state index in [1.165, 1.54) is 16.0 Å². The molecule has 0 spiro atoms. The molecule has 0 bridgehead atoms. The van der Waals surface area contributed by atoms with Crippen molar-refractivity contribution in [1.82, 2.24) is 20.4 Å². The van der Waals surface area contributed by atoms with Crippen molar-refractivity contribution in [2.24, 2.45) is 0 Å². The molecule has 188 valence electrons. The van der Waals surface area contributed by atoms with Gasteiger partial charge in [0.2, 0.25) is 5.91 Å². The molecule has 3 aliphatic rings. The van der Waals surface area contributed by atoms with Crippen LogP contribution in [-0.4, -0.2) is 47.8 Å². The quantitative estimate of drug-likeness (QED) is 0.686. The molecule has 0 saturated heterocycles. The van der Waals surface area contributed by atoms with E-state index in [2.05, 4.69) is 43.5 Å². The second-order valence-electron chi connectivity index (χ2n) is 11.0. The summed E-state index contributed by atoms with van der Waals surface area (Å²) in [5.74, 6) is -0.390. The summed E-state index contributed by atoms with van der Waals surface area (Å²) in [6.07, 6.45) is 2.93. The fourth-order valence-electron chi connectivity index (χ4n) is 5.49. The number of hydrogen-bond acceptors (Lipinski definition) is 3. The van der Waals surface area contributed by atoms with E-state index in [9.17, 15) is 14.4 Å². The number of hydrogen-bond donors (Lipinski definition) is 2. The monoisotopic (exact) mass is 486 g/mol. The van der Waals surface area contributed by atoms with E-state index in [0.29, 0.717) is 11.3 Å². The number of nitrogens with one attached hydrogen (secondary N) is 2. The van der Waals surface area contributed by atoms with Crippen LogP contribution in [0.15, 0.2) is 59.8 Å². The molecule has 2 N–H and O–H groups in total. The van der Waals surface area contributed by atoms with Crippen LogP contribution in [-0.2, 0) is 21.4 Å². The molecule has 2 aliphatic heterocycles. The smallest absolute Gasteiger partial charge is 0.322 e. The number of rotatable bonds is 4. The molecular formula is C29H34N4O3. The Kier molecular flexibility index (Phi) is 6.10. The number of carbonyl (C=O) groups excluding carboxylic acids is 3. The minimum Gasteiger partial charge on any atom is -0.348 e. The SMILES string of the molecule is CN1C(=O)NC(c2ccc(C(C)(C)C)cc2)C2=C1CN(CC(=O)NC1CCCc3ccccc31)C2=O. The van der Waals surface area contributed by atoms with Gasteiger partial charge in [0.25, 0.3) is 5.91 Å². The summed E-state index contributed by atoms with van der Waals surface area (Å²) >= 11 is 0. The Labute approximate surface area is 212 Å². The van der Waals surface area contributed by atoms with E-state index < -0.39 is 6.04 Å². The topological polar surface area (TPSA) is 81.8 Å². The maximum absolute atomic E-state index is 13.5. The Morgan fingerprint density at radius 2 is 1.81 bits per heavy atom. The van der Waals surface area contributed by atoms with Crippen LogP contribution in [0.25, 0.3) is 0 Å². The van der Waals surface area contributed by atoms with Crippen molar-refractivity contribution in [1.29, 1.82) is 0 Å². The van der Waals surface area contributed by atoms with Gasteiger partial charge in [-0.2, -0.15) is 0 Å². The van der Waals surface area contributed by atoms with Gasteiger partial charge in [-0.05, 0) is 46.9 Å². The second kappa shape index (κ2) is 9.12. The number of fused-ring (bicyclic) bond motifs is 1. The highest BCUT2D eigenvalue weighted by Crippen LogP contribution is 2.36. The lowest BCUT2D eigenvalue weighted by atomic mass is 9.85. The van der Waals surface area contributed by atoms with E-state index >= 15 is 0 Å². The number of carbonyl (C=O) groups is 3. The van der Waals surface area contributed by atoms with Crippen molar-refractivity contribution in [2.75, 3.05) is 20.1 Å². The van der Waals surface area contributed by atoms with Gasteiger partial charge in [0.1, 0.15) is 6.54 Å². The van der Waals surface area contributed by atoms with Gasteiger partial charge in [0.05, 0.1) is 29.9 Å². The highest BCUT2D eigenvalue weighted by molar-refractivity contribution is 6.03. The van der Waals surface area contributed by atoms with Crippen LogP contribution in [0, 0.1) is 0 Å². The molecule has 2 aromatic carbocycles. The fourth-order valence-corrected chi connectivity index (χ4v) is 5.49. The lowest BCUT2D eigenvalue weighted by Crippen LogP contribution is -2.45. The first kappa shape index (κ1) is 24.1. The minimum absolute atomic E-state index is 0.00513. The molecule has 36 heavy (non-hydrogen) atoms. The molecule has 0 radical (unpaired) electrons. The summed E-state index contributed by atoms with van der Waals surface area (Å²) in [7, 11) is 1.67. The van der Waals surface area contributed by atoms with E-state index in [0.717, 1.165) is 30.4 Å². The van der Waals surface area contributed by atoms with Crippen LogP contribution in [0.4, 0.5) is 4.79 Å². The third kappa shape index (κ3) is 4.38. The largest absolute Gasteiger partial charge is 0.348 e. The average Bonchev–Trinajstić information content (AvgIpc) is 3.17. The molecule has 1 aliphatic carbocycles. The summed E-state index contributed by atoms with van der Waals surface area (Å²) < 4.78 is 0. The van der Waals surface area contributed by atoms with Gasteiger partial charge in [0, 0.05) is 7.05 Å². The van der Waals surface area contributed by atoms with Crippen LogP contribution < -0.4 is 10.6 Å². The van der Waals surface area contributed by atoms with Crippen LogP contribution in [0.2, 0.25) is 0 Å². The molecule has 5 rings (SSSR count). The zero-order valence-electron chi connectivity index (χ0n) is 21.4. The zero-order valence-corrected chi connectivity index (χ0v) is 21.4. The third-order valence-electron chi connectivity index (χ3n) is 7.58. The molecule has 0 aromatic heterocycles. The minimum atomic E-state index is -0.538. The fraction of sp³-hybridized carbons (Fsp3) is 0.414. The summed E-state index contributed by atoms with van der Waals surface area (Å²) in [5, 5.41) is 6.11. The number of benzene rings is 2. The Morgan fingerprint density at radius 3 is 2.53 bits per heavy atom. The van der Waals surface area contributed by atoms with Gasteiger partial charge in [-0.3, -0.25) is 14.5 Å². The highest BCUT2D eigenvalue weighted by atomic mass is 16.2.